The van der Waals surface area contributed by atoms with Crippen molar-refractivity contribution in [1.82, 2.24) is 4.90 Å². The lowest BCUT2D eigenvalue weighted by Gasteiger charge is -2.30. The Labute approximate surface area is 134 Å². The first-order valence-corrected chi connectivity index (χ1v) is 8.14. The number of halogens is 1. The summed E-state index contributed by atoms with van der Waals surface area (Å²) in [5.74, 6) is 0. The van der Waals surface area contributed by atoms with Gasteiger partial charge in [-0.25, -0.2) is 9.18 Å². The summed E-state index contributed by atoms with van der Waals surface area (Å²) in [6, 6.07) is 6.91. The molecule has 2 aromatic rings. The van der Waals surface area contributed by atoms with Crippen molar-refractivity contribution in [1.29, 1.82) is 0 Å². The van der Waals surface area contributed by atoms with Crippen molar-refractivity contribution >= 4 is 27.5 Å². The molecule has 120 valence electrons. The Morgan fingerprint density at radius 2 is 2.00 bits per heavy atom. The van der Waals surface area contributed by atoms with Crippen molar-refractivity contribution in [2.75, 3.05) is 7.05 Å². The molecule has 5 heteroatoms. The third kappa shape index (κ3) is 3.77. The molecule has 2 atom stereocenters. The van der Waals surface area contributed by atoms with Gasteiger partial charge in [0.15, 0.2) is 0 Å². The van der Waals surface area contributed by atoms with Gasteiger partial charge in [-0.05, 0) is 62.2 Å². The van der Waals surface area contributed by atoms with Gasteiger partial charge in [-0.3, -0.25) is 0 Å². The minimum atomic E-state index is -1.26. The standard InChI is InChI=1S/C17H22FNO2S/c1-11(19(5)16(20)21-17(2,3)4)15(18)13-6-7-14-12(10-13)8-9-22-14/h6-11,15H,1-5H3. The van der Waals surface area contributed by atoms with Crippen LogP contribution in [-0.2, 0) is 4.74 Å². The average molecular weight is 323 g/mol. The number of carbonyl (C=O) groups excluding carboxylic acids is 1. The Balaban J connectivity index is 2.13. The first kappa shape index (κ1) is 16.7. The van der Waals surface area contributed by atoms with Gasteiger partial charge in [0.2, 0.25) is 0 Å². The molecule has 0 N–H and O–H groups in total. The van der Waals surface area contributed by atoms with Crippen molar-refractivity contribution in [2.45, 2.75) is 45.5 Å². The van der Waals surface area contributed by atoms with Gasteiger partial charge in [0.1, 0.15) is 11.8 Å². The Morgan fingerprint density at radius 1 is 1.32 bits per heavy atom. The predicted octanol–water partition coefficient (Wildman–Crippen LogP) is 5.17. The van der Waals surface area contributed by atoms with E-state index in [2.05, 4.69) is 0 Å². The van der Waals surface area contributed by atoms with E-state index < -0.39 is 23.9 Å². The molecular weight excluding hydrogens is 301 g/mol. The second-order valence-corrected chi connectivity index (χ2v) is 7.40. The van der Waals surface area contributed by atoms with Crippen LogP contribution in [0, 0.1) is 0 Å². The summed E-state index contributed by atoms with van der Waals surface area (Å²) in [6.45, 7) is 7.06. The molecule has 1 amide bonds. The largest absolute Gasteiger partial charge is 0.444 e. The van der Waals surface area contributed by atoms with Gasteiger partial charge in [0, 0.05) is 11.7 Å². The minimum absolute atomic E-state index is 0.515. The zero-order valence-corrected chi connectivity index (χ0v) is 14.4. The number of hydrogen-bond donors (Lipinski definition) is 0. The summed E-state index contributed by atoms with van der Waals surface area (Å²) in [4.78, 5) is 13.4. The minimum Gasteiger partial charge on any atom is -0.444 e. The fourth-order valence-electron chi connectivity index (χ4n) is 2.13. The molecule has 1 aromatic carbocycles. The number of ether oxygens (including phenoxy) is 1. The molecule has 0 saturated carbocycles. The van der Waals surface area contributed by atoms with Crippen LogP contribution in [0.3, 0.4) is 0 Å². The highest BCUT2D eigenvalue weighted by atomic mass is 32.1. The molecule has 0 aliphatic carbocycles. The van der Waals surface area contributed by atoms with Crippen molar-refractivity contribution < 1.29 is 13.9 Å². The van der Waals surface area contributed by atoms with Gasteiger partial charge < -0.3 is 9.64 Å². The quantitative estimate of drug-likeness (QED) is 0.780. The maximum atomic E-state index is 14.8. The van der Waals surface area contributed by atoms with Crippen molar-refractivity contribution in [2.24, 2.45) is 0 Å². The zero-order valence-electron chi connectivity index (χ0n) is 13.6. The summed E-state index contributed by atoms with van der Waals surface area (Å²) >= 11 is 1.63. The number of nitrogens with zero attached hydrogens (tertiary/aromatic N) is 1. The van der Waals surface area contributed by atoms with Crippen molar-refractivity contribution in [3.05, 3.63) is 35.2 Å². The number of benzene rings is 1. The van der Waals surface area contributed by atoms with Crippen LogP contribution in [0.1, 0.15) is 39.4 Å². The lowest BCUT2D eigenvalue weighted by atomic mass is 10.0. The van der Waals surface area contributed by atoms with Gasteiger partial charge in [-0.15, -0.1) is 11.3 Å². The number of fused-ring (bicyclic) bond motifs is 1. The third-order valence-electron chi connectivity index (χ3n) is 3.51. The highest BCUT2D eigenvalue weighted by Gasteiger charge is 2.29. The van der Waals surface area contributed by atoms with Crippen LogP contribution in [0.5, 0.6) is 0 Å². The third-order valence-corrected chi connectivity index (χ3v) is 4.41. The van der Waals surface area contributed by atoms with E-state index in [4.69, 9.17) is 4.74 Å². The van der Waals surface area contributed by atoms with Gasteiger partial charge in [0.05, 0.1) is 6.04 Å². The number of thiophene rings is 1. The van der Waals surface area contributed by atoms with Crippen LogP contribution < -0.4 is 0 Å². The summed E-state index contributed by atoms with van der Waals surface area (Å²) in [7, 11) is 1.56. The van der Waals surface area contributed by atoms with Gasteiger partial charge in [-0.2, -0.15) is 0 Å². The molecule has 0 saturated heterocycles. The van der Waals surface area contributed by atoms with E-state index in [1.165, 1.54) is 4.90 Å². The number of carbonyl (C=O) groups is 1. The molecule has 3 nitrogen and oxygen atoms in total. The maximum Gasteiger partial charge on any atom is 0.410 e. The van der Waals surface area contributed by atoms with E-state index in [0.717, 1.165) is 10.1 Å². The van der Waals surface area contributed by atoms with E-state index >= 15 is 0 Å². The second-order valence-electron chi connectivity index (χ2n) is 6.45. The zero-order chi connectivity index (χ0) is 16.5. The molecule has 0 bridgehead atoms. The molecule has 0 fully saturated rings. The molecule has 22 heavy (non-hydrogen) atoms. The van der Waals surface area contributed by atoms with Gasteiger partial charge in [0.25, 0.3) is 0 Å². The fourth-order valence-corrected chi connectivity index (χ4v) is 2.90. The fraction of sp³-hybridized carbons (Fsp3) is 0.471. The second kappa shape index (κ2) is 6.24. The first-order chi connectivity index (χ1) is 10.2. The van der Waals surface area contributed by atoms with E-state index in [1.54, 1.807) is 52.1 Å². The molecule has 2 rings (SSSR count). The summed E-state index contributed by atoms with van der Waals surface area (Å²) in [5.41, 5.74) is -0.0132. The lowest BCUT2D eigenvalue weighted by molar-refractivity contribution is 0.0155. The Bertz CT molecular complexity index is 662. The smallest absolute Gasteiger partial charge is 0.410 e. The van der Waals surface area contributed by atoms with Crippen LogP contribution in [0.2, 0.25) is 0 Å². The van der Waals surface area contributed by atoms with Crippen LogP contribution in [0.25, 0.3) is 10.1 Å². The average Bonchev–Trinajstić information content (AvgIpc) is 2.90. The maximum absolute atomic E-state index is 14.8. The highest BCUT2D eigenvalue weighted by molar-refractivity contribution is 7.17. The Kier molecular flexibility index (Phi) is 4.75. The number of rotatable bonds is 3. The number of alkyl halides is 1. The normalized spacial score (nSPS) is 14.6. The number of amides is 1. The highest BCUT2D eigenvalue weighted by Crippen LogP contribution is 2.30. The monoisotopic (exact) mass is 323 g/mol. The van der Waals surface area contributed by atoms with E-state index in [9.17, 15) is 9.18 Å². The first-order valence-electron chi connectivity index (χ1n) is 7.26. The molecule has 0 radical (unpaired) electrons. The van der Waals surface area contributed by atoms with Gasteiger partial charge in [-0.1, -0.05) is 6.07 Å². The Morgan fingerprint density at radius 3 is 2.64 bits per heavy atom. The summed E-state index contributed by atoms with van der Waals surface area (Å²) in [6.07, 6.45) is -1.78. The van der Waals surface area contributed by atoms with Gasteiger partial charge >= 0.3 is 6.09 Å². The van der Waals surface area contributed by atoms with Crippen LogP contribution in [-0.4, -0.2) is 29.7 Å². The van der Waals surface area contributed by atoms with Crippen LogP contribution in [0.15, 0.2) is 29.6 Å². The number of likely N-dealkylation sites (N-methyl/N-ethyl adjacent to an activating group) is 1. The van der Waals surface area contributed by atoms with Crippen molar-refractivity contribution in [3.8, 4) is 0 Å². The predicted molar refractivity (Wildman–Crippen MR) is 89.1 cm³/mol. The molecule has 0 aliphatic rings. The summed E-state index contributed by atoms with van der Waals surface area (Å²) in [5, 5.41) is 3.01. The molecule has 0 spiro atoms. The van der Waals surface area contributed by atoms with Crippen molar-refractivity contribution in [3.63, 3.8) is 0 Å². The van der Waals surface area contributed by atoms with E-state index in [0.29, 0.717) is 5.56 Å². The molecule has 2 unspecified atom stereocenters. The van der Waals surface area contributed by atoms with E-state index in [-0.39, 0.29) is 0 Å². The Hall–Kier alpha value is -1.62. The molecule has 1 heterocycles. The summed E-state index contributed by atoms with van der Waals surface area (Å²) < 4.78 is 21.2. The topological polar surface area (TPSA) is 29.5 Å². The lowest BCUT2D eigenvalue weighted by Crippen LogP contribution is -2.41. The molecular formula is C17H22FNO2S. The molecule has 1 aromatic heterocycles. The molecule has 0 aliphatic heterocycles. The van der Waals surface area contributed by atoms with E-state index in [1.807, 2.05) is 23.6 Å². The number of hydrogen-bond acceptors (Lipinski definition) is 3. The van der Waals surface area contributed by atoms with Crippen LogP contribution in [0.4, 0.5) is 9.18 Å². The SMILES string of the molecule is CC(C(F)c1ccc2sccc2c1)N(C)C(=O)OC(C)(C)C. The van der Waals surface area contributed by atoms with Crippen LogP contribution >= 0.6 is 11.3 Å².